The Labute approximate surface area is 172 Å². The molecule has 1 aromatic rings. The molecule has 3 N–H and O–H groups in total. The van der Waals surface area contributed by atoms with Crippen molar-refractivity contribution in [3.8, 4) is 5.75 Å². The number of amides is 1. The van der Waals surface area contributed by atoms with Crippen molar-refractivity contribution in [2.45, 2.75) is 19.3 Å². The number of benzene rings is 1. The topological polar surface area (TPSA) is 96.4 Å². The molecule has 2 aliphatic rings. The zero-order chi connectivity index (χ0) is 20.6. The van der Waals surface area contributed by atoms with E-state index in [0.29, 0.717) is 12.2 Å². The molecule has 1 atom stereocenters. The number of rotatable bonds is 9. The summed E-state index contributed by atoms with van der Waals surface area (Å²) in [5.74, 6) is -2.00. The number of aromatic hydroxyl groups is 1. The number of carbonyl (C=O) groups is 2. The number of carbonyl (C=O) groups excluding carboxylic acids is 1. The number of carboxylic acid groups (broad SMARTS) is 1. The number of phenolic OH excluding ortho intramolecular Hbond substituents is 1. The third-order valence-corrected chi connectivity index (χ3v) is 5.79. The first-order chi connectivity index (χ1) is 14.0. The summed E-state index contributed by atoms with van der Waals surface area (Å²) in [7, 11) is 0. The fourth-order valence-electron chi connectivity index (χ4n) is 4.05. The number of piperazine rings is 1. The van der Waals surface area contributed by atoms with Crippen LogP contribution in [0.5, 0.6) is 5.75 Å². The average Bonchev–Trinajstić information content (AvgIpc) is 3.20. The number of phenols is 1. The van der Waals surface area contributed by atoms with Gasteiger partial charge in [0.2, 0.25) is 5.91 Å². The molecule has 0 saturated carbocycles. The van der Waals surface area contributed by atoms with Crippen molar-refractivity contribution in [3.05, 3.63) is 24.3 Å². The maximum absolute atomic E-state index is 12.3. The summed E-state index contributed by atoms with van der Waals surface area (Å²) in [6, 6.07) is 6.24. The Morgan fingerprint density at radius 2 is 1.59 bits per heavy atom. The first kappa shape index (κ1) is 21.5. The van der Waals surface area contributed by atoms with Crippen molar-refractivity contribution in [2.24, 2.45) is 5.92 Å². The molecule has 2 fully saturated rings. The fourth-order valence-corrected chi connectivity index (χ4v) is 4.05. The van der Waals surface area contributed by atoms with E-state index in [0.717, 1.165) is 39.3 Å². The summed E-state index contributed by atoms with van der Waals surface area (Å²) in [6.07, 6.45) is 2.53. The summed E-state index contributed by atoms with van der Waals surface area (Å²) in [6.45, 7) is 8.54. The molecule has 2 saturated heterocycles. The summed E-state index contributed by atoms with van der Waals surface area (Å²) >= 11 is 0. The van der Waals surface area contributed by atoms with E-state index in [1.54, 1.807) is 12.1 Å². The minimum absolute atomic E-state index is 0.0557. The highest BCUT2D eigenvalue weighted by atomic mass is 16.4. The van der Waals surface area contributed by atoms with Gasteiger partial charge in [0, 0.05) is 64.0 Å². The van der Waals surface area contributed by atoms with Crippen LogP contribution >= 0.6 is 0 Å². The Balaban J connectivity index is 1.41. The van der Waals surface area contributed by atoms with Gasteiger partial charge in [-0.3, -0.25) is 19.4 Å². The van der Waals surface area contributed by atoms with Gasteiger partial charge in [0.05, 0.1) is 5.92 Å². The van der Waals surface area contributed by atoms with E-state index < -0.39 is 11.9 Å². The lowest BCUT2D eigenvalue weighted by Gasteiger charge is -2.36. The molecule has 29 heavy (non-hydrogen) atoms. The molecule has 2 aliphatic heterocycles. The first-order valence-corrected chi connectivity index (χ1v) is 10.5. The molecule has 0 spiro atoms. The van der Waals surface area contributed by atoms with Gasteiger partial charge in [-0.05, 0) is 38.1 Å². The highest BCUT2D eigenvalue weighted by molar-refractivity contribution is 5.93. The molecule has 0 aliphatic carbocycles. The van der Waals surface area contributed by atoms with Gasteiger partial charge in [-0.1, -0.05) is 6.07 Å². The maximum Gasteiger partial charge on any atom is 0.308 e. The van der Waals surface area contributed by atoms with Crippen molar-refractivity contribution in [2.75, 3.05) is 64.2 Å². The molecule has 8 heteroatoms. The summed E-state index contributed by atoms with van der Waals surface area (Å²) in [4.78, 5) is 31.0. The SMILES string of the molecule is O=C(C[C@@H](CN1CCN(CCN2CCCC2)CC1)C(=O)O)Nc1cccc(O)c1. The molecule has 3 rings (SSSR count). The minimum atomic E-state index is -0.951. The van der Waals surface area contributed by atoms with Crippen LogP contribution in [0.1, 0.15) is 19.3 Å². The van der Waals surface area contributed by atoms with Gasteiger partial charge in [0.1, 0.15) is 5.75 Å². The average molecular weight is 405 g/mol. The van der Waals surface area contributed by atoms with Crippen LogP contribution in [0.3, 0.4) is 0 Å². The molecule has 1 aromatic carbocycles. The van der Waals surface area contributed by atoms with E-state index in [-0.39, 0.29) is 18.1 Å². The Morgan fingerprint density at radius 1 is 0.966 bits per heavy atom. The molecular weight excluding hydrogens is 372 g/mol. The maximum atomic E-state index is 12.3. The number of hydrogen-bond acceptors (Lipinski definition) is 6. The number of carboxylic acids is 1. The van der Waals surface area contributed by atoms with E-state index >= 15 is 0 Å². The van der Waals surface area contributed by atoms with Gasteiger partial charge in [0.25, 0.3) is 0 Å². The van der Waals surface area contributed by atoms with Gasteiger partial charge < -0.3 is 20.4 Å². The second kappa shape index (κ2) is 10.6. The largest absolute Gasteiger partial charge is 0.508 e. The van der Waals surface area contributed by atoms with Gasteiger partial charge in [-0.2, -0.15) is 0 Å². The van der Waals surface area contributed by atoms with E-state index in [1.807, 2.05) is 0 Å². The van der Waals surface area contributed by atoms with Crippen LogP contribution in [0.25, 0.3) is 0 Å². The second-order valence-corrected chi connectivity index (χ2v) is 8.03. The lowest BCUT2D eigenvalue weighted by Crippen LogP contribution is -2.50. The van der Waals surface area contributed by atoms with Crippen LogP contribution < -0.4 is 5.32 Å². The third kappa shape index (κ3) is 6.99. The zero-order valence-corrected chi connectivity index (χ0v) is 16.9. The van der Waals surface area contributed by atoms with Crippen LogP contribution in [0.2, 0.25) is 0 Å². The van der Waals surface area contributed by atoms with Gasteiger partial charge >= 0.3 is 5.97 Å². The van der Waals surface area contributed by atoms with E-state index in [4.69, 9.17) is 0 Å². The first-order valence-electron chi connectivity index (χ1n) is 10.5. The summed E-state index contributed by atoms with van der Waals surface area (Å²) in [5, 5.41) is 21.7. The number of nitrogens with zero attached hydrogens (tertiary/aromatic N) is 3. The Bertz CT molecular complexity index is 685. The van der Waals surface area contributed by atoms with E-state index in [9.17, 15) is 19.8 Å². The lowest BCUT2D eigenvalue weighted by atomic mass is 10.0. The molecule has 160 valence electrons. The highest BCUT2D eigenvalue weighted by Crippen LogP contribution is 2.17. The van der Waals surface area contributed by atoms with E-state index in [1.165, 1.54) is 38.1 Å². The summed E-state index contributed by atoms with van der Waals surface area (Å²) < 4.78 is 0. The normalized spacial score (nSPS) is 19.9. The Hall–Kier alpha value is -2.16. The van der Waals surface area contributed by atoms with Crippen LogP contribution in [-0.4, -0.2) is 95.7 Å². The van der Waals surface area contributed by atoms with Crippen molar-refractivity contribution in [1.29, 1.82) is 0 Å². The van der Waals surface area contributed by atoms with Gasteiger partial charge in [0.15, 0.2) is 0 Å². The highest BCUT2D eigenvalue weighted by Gasteiger charge is 2.26. The number of anilines is 1. The summed E-state index contributed by atoms with van der Waals surface area (Å²) in [5.41, 5.74) is 0.464. The van der Waals surface area contributed by atoms with Crippen molar-refractivity contribution < 1.29 is 19.8 Å². The van der Waals surface area contributed by atoms with E-state index in [2.05, 4.69) is 20.0 Å². The predicted molar refractivity (Wildman–Crippen MR) is 111 cm³/mol. The molecule has 8 nitrogen and oxygen atoms in total. The standard InChI is InChI=1S/C21H32N4O4/c26-19-5-3-4-18(15-19)22-20(27)14-17(21(28)29)16-25-12-10-24(11-13-25)9-8-23-6-1-2-7-23/h3-5,15,17,26H,1-2,6-14,16H2,(H,22,27)(H,28,29)/t17-/m0/s1. The Kier molecular flexibility index (Phi) is 7.85. The number of hydrogen-bond donors (Lipinski definition) is 3. The molecule has 1 amide bonds. The van der Waals surface area contributed by atoms with Crippen LogP contribution in [-0.2, 0) is 9.59 Å². The molecule has 2 heterocycles. The number of likely N-dealkylation sites (tertiary alicyclic amines) is 1. The van der Waals surface area contributed by atoms with Crippen LogP contribution in [0.15, 0.2) is 24.3 Å². The molecule has 0 aromatic heterocycles. The molecule has 0 unspecified atom stereocenters. The second-order valence-electron chi connectivity index (χ2n) is 8.03. The quantitative estimate of drug-likeness (QED) is 0.568. The number of aliphatic carboxylic acids is 1. The molecular formula is C21H32N4O4. The van der Waals surface area contributed by atoms with Crippen LogP contribution in [0.4, 0.5) is 5.69 Å². The Morgan fingerprint density at radius 3 is 2.21 bits per heavy atom. The van der Waals surface area contributed by atoms with Crippen LogP contribution in [0, 0.1) is 5.92 Å². The smallest absolute Gasteiger partial charge is 0.308 e. The molecule has 0 radical (unpaired) electrons. The third-order valence-electron chi connectivity index (χ3n) is 5.79. The predicted octanol–water partition coefficient (Wildman–Crippen LogP) is 1.14. The van der Waals surface area contributed by atoms with Crippen molar-refractivity contribution in [1.82, 2.24) is 14.7 Å². The monoisotopic (exact) mass is 404 g/mol. The van der Waals surface area contributed by atoms with Crippen molar-refractivity contribution in [3.63, 3.8) is 0 Å². The van der Waals surface area contributed by atoms with Gasteiger partial charge in [-0.25, -0.2) is 0 Å². The minimum Gasteiger partial charge on any atom is -0.508 e. The fraction of sp³-hybridized carbons (Fsp3) is 0.619. The van der Waals surface area contributed by atoms with Gasteiger partial charge in [-0.15, -0.1) is 0 Å². The number of nitrogens with one attached hydrogen (secondary N) is 1. The van der Waals surface area contributed by atoms with Crippen molar-refractivity contribution >= 4 is 17.6 Å². The lowest BCUT2D eigenvalue weighted by molar-refractivity contribution is -0.144. The molecule has 0 bridgehead atoms. The zero-order valence-electron chi connectivity index (χ0n) is 16.9.